The molecule has 1 aromatic carbocycles. The molecule has 0 aliphatic heterocycles. The van der Waals surface area contributed by atoms with Crippen molar-refractivity contribution in [3.05, 3.63) is 35.4 Å². The highest BCUT2D eigenvalue weighted by Gasteiger charge is 2.36. The Balaban J connectivity index is 0.00000441. The Morgan fingerprint density at radius 2 is 1.68 bits per heavy atom. The van der Waals surface area contributed by atoms with Gasteiger partial charge in [-0.25, -0.2) is 0 Å². The fraction of sp³-hybridized carbons (Fsp3) is 0.385. The van der Waals surface area contributed by atoms with E-state index in [-0.39, 0.29) is 12.4 Å². The highest BCUT2D eigenvalue weighted by Crippen LogP contribution is 2.33. The third-order valence-electron chi connectivity index (χ3n) is 2.71. The van der Waals surface area contributed by atoms with Gasteiger partial charge in [-0.1, -0.05) is 18.2 Å². The molecule has 1 unspecified atom stereocenters. The first-order chi connectivity index (χ1) is 9.44. The molecule has 0 radical (unpaired) electrons. The van der Waals surface area contributed by atoms with E-state index < -0.39 is 40.7 Å². The van der Waals surface area contributed by atoms with Crippen molar-refractivity contribution in [2.45, 2.75) is 31.6 Å². The van der Waals surface area contributed by atoms with Crippen molar-refractivity contribution in [3.8, 4) is 0 Å². The third-order valence-corrected chi connectivity index (χ3v) is 2.71. The Morgan fingerprint density at radius 3 is 2.14 bits per heavy atom. The number of halogens is 4. The van der Waals surface area contributed by atoms with E-state index in [1.54, 1.807) is 0 Å². The summed E-state index contributed by atoms with van der Waals surface area (Å²) in [6.07, 6.45) is -4.65. The zero-order valence-corrected chi connectivity index (χ0v) is 12.7. The quantitative estimate of drug-likeness (QED) is 0.777. The van der Waals surface area contributed by atoms with Gasteiger partial charge >= 0.3 is 6.18 Å². The average Bonchev–Trinajstić information content (AvgIpc) is 2.35. The van der Waals surface area contributed by atoms with Gasteiger partial charge in [0.05, 0.1) is 11.1 Å². The number of amides is 2. The Labute approximate surface area is 131 Å². The standard InChI is InChI=1S/C13H16F3N3O2.ClH/c1-12(2,18)11(21)19-10(20)9(17)7-5-3-4-6-8(7)13(14,15)16;/h3-6,9H,17-18H2,1-2H3,(H,19,20,21);1H. The zero-order chi connectivity index (χ0) is 16.4. The zero-order valence-electron chi connectivity index (χ0n) is 11.9. The van der Waals surface area contributed by atoms with Gasteiger partial charge in [-0.3, -0.25) is 14.9 Å². The lowest BCUT2D eigenvalue weighted by Crippen LogP contribution is -2.52. The Bertz CT molecular complexity index is 556. The Hall–Kier alpha value is -1.64. The van der Waals surface area contributed by atoms with Crippen LogP contribution in [0.25, 0.3) is 0 Å². The van der Waals surface area contributed by atoms with Gasteiger partial charge < -0.3 is 11.5 Å². The lowest BCUT2D eigenvalue weighted by Gasteiger charge is -2.21. The molecule has 0 heterocycles. The summed E-state index contributed by atoms with van der Waals surface area (Å²) < 4.78 is 38.5. The van der Waals surface area contributed by atoms with E-state index in [2.05, 4.69) is 0 Å². The third kappa shape index (κ3) is 4.97. The van der Waals surface area contributed by atoms with Crippen molar-refractivity contribution in [1.82, 2.24) is 5.32 Å². The van der Waals surface area contributed by atoms with Crippen molar-refractivity contribution in [2.75, 3.05) is 0 Å². The summed E-state index contributed by atoms with van der Waals surface area (Å²) in [6, 6.07) is 2.79. The van der Waals surface area contributed by atoms with Gasteiger partial charge in [-0.05, 0) is 25.5 Å². The average molecular weight is 340 g/mol. The first kappa shape index (κ1) is 20.4. The lowest BCUT2D eigenvalue weighted by molar-refractivity contribution is -0.138. The molecular formula is C13H17ClF3N3O2. The molecular weight excluding hydrogens is 323 g/mol. The molecule has 0 aliphatic rings. The summed E-state index contributed by atoms with van der Waals surface area (Å²) in [7, 11) is 0. The lowest BCUT2D eigenvalue weighted by atomic mass is 9.99. The van der Waals surface area contributed by atoms with Gasteiger partial charge in [-0.15, -0.1) is 12.4 Å². The number of carbonyl (C=O) groups is 2. The second kappa shape index (κ2) is 7.08. The predicted octanol–water partition coefficient (Wildman–Crippen LogP) is 1.51. The summed E-state index contributed by atoms with van der Waals surface area (Å²) in [6.45, 7) is 2.70. The maximum atomic E-state index is 12.8. The van der Waals surface area contributed by atoms with Crippen LogP contribution in [0.15, 0.2) is 24.3 Å². The van der Waals surface area contributed by atoms with Gasteiger partial charge in [-0.2, -0.15) is 13.2 Å². The van der Waals surface area contributed by atoms with E-state index >= 15 is 0 Å². The molecule has 5 N–H and O–H groups in total. The molecule has 1 atom stereocenters. The summed E-state index contributed by atoms with van der Waals surface area (Å²) >= 11 is 0. The van der Waals surface area contributed by atoms with Crippen LogP contribution in [0.2, 0.25) is 0 Å². The minimum absolute atomic E-state index is 0. The summed E-state index contributed by atoms with van der Waals surface area (Å²) in [4.78, 5) is 23.4. The van der Waals surface area contributed by atoms with Crippen LogP contribution < -0.4 is 16.8 Å². The highest BCUT2D eigenvalue weighted by atomic mass is 35.5. The highest BCUT2D eigenvalue weighted by molar-refractivity contribution is 6.01. The van der Waals surface area contributed by atoms with Crippen LogP contribution in [0.1, 0.15) is 31.0 Å². The molecule has 1 aromatic rings. The number of nitrogens with two attached hydrogens (primary N) is 2. The largest absolute Gasteiger partial charge is 0.416 e. The molecule has 0 bridgehead atoms. The summed E-state index contributed by atoms with van der Waals surface area (Å²) in [5.74, 6) is -1.87. The molecule has 1 rings (SSSR count). The molecule has 9 heteroatoms. The first-order valence-corrected chi connectivity index (χ1v) is 6.00. The van der Waals surface area contributed by atoms with Crippen molar-refractivity contribution in [2.24, 2.45) is 11.5 Å². The number of alkyl halides is 3. The normalized spacial score (nSPS) is 13.0. The molecule has 0 aromatic heterocycles. The van der Waals surface area contributed by atoms with Gasteiger partial charge in [0.2, 0.25) is 11.8 Å². The fourth-order valence-electron chi connectivity index (χ4n) is 1.52. The number of imide groups is 1. The Kier molecular flexibility index (Phi) is 6.55. The van der Waals surface area contributed by atoms with Crippen LogP contribution in [0, 0.1) is 0 Å². The van der Waals surface area contributed by atoms with E-state index in [9.17, 15) is 22.8 Å². The first-order valence-electron chi connectivity index (χ1n) is 6.00. The van der Waals surface area contributed by atoms with Crippen molar-refractivity contribution in [1.29, 1.82) is 0 Å². The summed E-state index contributed by atoms with van der Waals surface area (Å²) in [5.41, 5.74) is 8.22. The molecule has 2 amide bonds. The number of carbonyl (C=O) groups excluding carboxylic acids is 2. The van der Waals surface area contributed by atoms with Gasteiger partial charge in [0.25, 0.3) is 0 Å². The minimum atomic E-state index is -4.65. The second-order valence-electron chi connectivity index (χ2n) is 5.10. The number of hydrogen-bond acceptors (Lipinski definition) is 4. The molecule has 0 fully saturated rings. The van der Waals surface area contributed by atoms with Crippen LogP contribution in [0.4, 0.5) is 13.2 Å². The van der Waals surface area contributed by atoms with Gasteiger partial charge in [0.15, 0.2) is 0 Å². The molecule has 0 aliphatic carbocycles. The maximum absolute atomic E-state index is 12.8. The smallest absolute Gasteiger partial charge is 0.318 e. The minimum Gasteiger partial charge on any atom is -0.318 e. The van der Waals surface area contributed by atoms with E-state index in [0.29, 0.717) is 0 Å². The molecule has 5 nitrogen and oxygen atoms in total. The predicted molar refractivity (Wildman–Crippen MR) is 77.0 cm³/mol. The van der Waals surface area contributed by atoms with Gasteiger partial charge in [0.1, 0.15) is 6.04 Å². The van der Waals surface area contributed by atoms with Crippen LogP contribution in [-0.2, 0) is 15.8 Å². The van der Waals surface area contributed by atoms with E-state index in [0.717, 1.165) is 12.1 Å². The fourth-order valence-corrected chi connectivity index (χ4v) is 1.52. The van der Waals surface area contributed by atoms with Crippen LogP contribution in [0.5, 0.6) is 0 Å². The van der Waals surface area contributed by atoms with Crippen molar-refractivity contribution < 1.29 is 22.8 Å². The molecule has 0 saturated heterocycles. The maximum Gasteiger partial charge on any atom is 0.416 e. The van der Waals surface area contributed by atoms with Crippen molar-refractivity contribution in [3.63, 3.8) is 0 Å². The molecule has 22 heavy (non-hydrogen) atoms. The molecule has 124 valence electrons. The number of hydrogen-bond donors (Lipinski definition) is 3. The number of benzene rings is 1. The SMILES string of the molecule is CC(C)(N)C(=O)NC(=O)C(N)c1ccccc1C(F)(F)F.Cl. The van der Waals surface area contributed by atoms with E-state index in [4.69, 9.17) is 11.5 Å². The summed E-state index contributed by atoms with van der Waals surface area (Å²) in [5, 5.41) is 1.90. The van der Waals surface area contributed by atoms with E-state index in [1.165, 1.54) is 26.0 Å². The molecule has 0 saturated carbocycles. The van der Waals surface area contributed by atoms with Crippen LogP contribution in [0.3, 0.4) is 0 Å². The Morgan fingerprint density at radius 1 is 1.18 bits per heavy atom. The second-order valence-corrected chi connectivity index (χ2v) is 5.10. The van der Waals surface area contributed by atoms with Gasteiger partial charge in [0, 0.05) is 0 Å². The van der Waals surface area contributed by atoms with Crippen LogP contribution >= 0.6 is 12.4 Å². The van der Waals surface area contributed by atoms with Crippen LogP contribution in [-0.4, -0.2) is 17.4 Å². The van der Waals surface area contributed by atoms with Crippen molar-refractivity contribution >= 4 is 24.2 Å². The number of rotatable bonds is 3. The topological polar surface area (TPSA) is 98.2 Å². The number of nitrogens with one attached hydrogen (secondary N) is 1. The monoisotopic (exact) mass is 339 g/mol. The molecule has 0 spiro atoms. The van der Waals surface area contributed by atoms with E-state index in [1.807, 2.05) is 5.32 Å².